The number of carbonyl (C=O) groups is 1. The summed E-state index contributed by atoms with van der Waals surface area (Å²) in [5.74, 6) is 0.0446. The van der Waals surface area contributed by atoms with E-state index in [1.54, 1.807) is 18.4 Å². The minimum Gasteiger partial charge on any atom is -0.444 e. The molecule has 2 aromatic carbocycles. The Labute approximate surface area is 159 Å². The Morgan fingerprint density at radius 2 is 2.04 bits per heavy atom. The molecule has 0 aliphatic rings. The molecule has 0 aliphatic heterocycles. The summed E-state index contributed by atoms with van der Waals surface area (Å²) in [4.78, 5) is 17.3. The summed E-state index contributed by atoms with van der Waals surface area (Å²) < 4.78 is 20.0. The van der Waals surface area contributed by atoms with E-state index in [1.807, 2.05) is 37.3 Å². The molecule has 0 aliphatic carbocycles. The third-order valence-corrected chi connectivity index (χ3v) is 5.35. The molecule has 136 valence electrons. The van der Waals surface area contributed by atoms with Crippen LogP contribution in [0.1, 0.15) is 20.9 Å². The van der Waals surface area contributed by atoms with Crippen molar-refractivity contribution >= 4 is 27.3 Å². The molecule has 4 rings (SSSR count). The van der Waals surface area contributed by atoms with Crippen molar-refractivity contribution in [2.45, 2.75) is 13.3 Å². The van der Waals surface area contributed by atoms with Crippen LogP contribution in [0.4, 0.5) is 4.39 Å². The predicted octanol–water partition coefficient (Wildman–Crippen LogP) is 4.98. The summed E-state index contributed by atoms with van der Waals surface area (Å²) in [6.45, 7) is 2.45. The molecule has 1 amide bonds. The van der Waals surface area contributed by atoms with E-state index in [2.05, 4.69) is 10.3 Å². The van der Waals surface area contributed by atoms with Gasteiger partial charge in [-0.05, 0) is 37.3 Å². The summed E-state index contributed by atoms with van der Waals surface area (Å²) in [6.07, 6.45) is 2.16. The Morgan fingerprint density at radius 3 is 2.81 bits per heavy atom. The van der Waals surface area contributed by atoms with Crippen molar-refractivity contribution in [1.29, 1.82) is 0 Å². The highest BCUT2D eigenvalue weighted by Crippen LogP contribution is 2.27. The van der Waals surface area contributed by atoms with Gasteiger partial charge in [0.15, 0.2) is 0 Å². The van der Waals surface area contributed by atoms with E-state index in [-0.39, 0.29) is 11.7 Å². The van der Waals surface area contributed by atoms with Gasteiger partial charge < -0.3 is 9.73 Å². The molecule has 0 bridgehead atoms. The van der Waals surface area contributed by atoms with Crippen molar-refractivity contribution in [1.82, 2.24) is 10.3 Å². The van der Waals surface area contributed by atoms with Gasteiger partial charge in [-0.25, -0.2) is 9.37 Å². The lowest BCUT2D eigenvalue weighted by Crippen LogP contribution is -2.24. The first-order valence-electron chi connectivity index (χ1n) is 8.58. The number of rotatable bonds is 5. The second-order valence-corrected chi connectivity index (χ2v) is 7.36. The van der Waals surface area contributed by atoms with E-state index in [4.69, 9.17) is 4.42 Å². The maximum atomic E-state index is 13.8. The summed E-state index contributed by atoms with van der Waals surface area (Å²) >= 11 is 1.28. The summed E-state index contributed by atoms with van der Waals surface area (Å²) in [6, 6.07) is 14.4. The number of halogens is 1. The second-order valence-electron chi connectivity index (χ2n) is 6.28. The molecule has 0 fully saturated rings. The van der Waals surface area contributed by atoms with Gasteiger partial charge in [0.1, 0.15) is 12.1 Å². The van der Waals surface area contributed by atoms with Crippen LogP contribution in [-0.4, -0.2) is 17.4 Å². The molecular formula is C21H17FN2O2S. The second kappa shape index (κ2) is 7.32. The van der Waals surface area contributed by atoms with Crippen molar-refractivity contribution in [3.05, 3.63) is 76.7 Å². The van der Waals surface area contributed by atoms with Crippen LogP contribution in [0.5, 0.6) is 0 Å². The van der Waals surface area contributed by atoms with Gasteiger partial charge in [0.25, 0.3) is 5.91 Å². The topological polar surface area (TPSA) is 55.1 Å². The van der Waals surface area contributed by atoms with Gasteiger partial charge in [-0.15, -0.1) is 11.3 Å². The molecule has 4 aromatic rings. The molecule has 0 saturated heterocycles. The van der Waals surface area contributed by atoms with Crippen LogP contribution in [0.25, 0.3) is 21.5 Å². The number of fused-ring (bicyclic) bond motifs is 1. The van der Waals surface area contributed by atoms with Gasteiger partial charge in [-0.1, -0.05) is 23.8 Å². The van der Waals surface area contributed by atoms with Crippen LogP contribution in [0.3, 0.4) is 0 Å². The third kappa shape index (κ3) is 3.75. The first-order valence-corrected chi connectivity index (χ1v) is 9.39. The predicted molar refractivity (Wildman–Crippen MR) is 104 cm³/mol. The number of thiophene rings is 1. The molecular weight excluding hydrogens is 363 g/mol. The number of nitrogens with zero attached hydrogens (tertiary/aromatic N) is 1. The zero-order chi connectivity index (χ0) is 18.8. The van der Waals surface area contributed by atoms with E-state index >= 15 is 0 Å². The number of carbonyl (C=O) groups excluding carboxylic acids is 1. The maximum Gasteiger partial charge on any atom is 0.261 e. The van der Waals surface area contributed by atoms with E-state index in [1.165, 1.54) is 23.0 Å². The molecule has 0 atom stereocenters. The van der Waals surface area contributed by atoms with E-state index in [0.29, 0.717) is 29.1 Å². The largest absolute Gasteiger partial charge is 0.444 e. The van der Waals surface area contributed by atoms with Gasteiger partial charge in [0.05, 0.1) is 10.6 Å². The molecule has 4 nitrogen and oxygen atoms in total. The Hall–Kier alpha value is -2.99. The maximum absolute atomic E-state index is 13.8. The highest BCUT2D eigenvalue weighted by Gasteiger charge is 2.13. The molecule has 27 heavy (non-hydrogen) atoms. The summed E-state index contributed by atoms with van der Waals surface area (Å²) in [5, 5.41) is 3.33. The van der Waals surface area contributed by atoms with Gasteiger partial charge >= 0.3 is 0 Å². The first-order chi connectivity index (χ1) is 13.1. The van der Waals surface area contributed by atoms with E-state index in [0.717, 1.165) is 16.0 Å². The van der Waals surface area contributed by atoms with Gasteiger partial charge in [-0.2, -0.15) is 0 Å². The lowest BCUT2D eigenvalue weighted by atomic mass is 10.1. The number of aromatic nitrogens is 1. The fourth-order valence-electron chi connectivity index (χ4n) is 2.78. The molecule has 0 unspecified atom stereocenters. The molecule has 2 heterocycles. The minimum atomic E-state index is -0.311. The molecule has 1 N–H and O–H groups in total. The van der Waals surface area contributed by atoms with Crippen LogP contribution < -0.4 is 5.32 Å². The van der Waals surface area contributed by atoms with Gasteiger partial charge in [0.2, 0.25) is 5.89 Å². The van der Waals surface area contributed by atoms with Crippen molar-refractivity contribution in [2.24, 2.45) is 0 Å². The minimum absolute atomic E-state index is 0.210. The molecule has 0 spiro atoms. The highest BCUT2D eigenvalue weighted by atomic mass is 32.1. The Kier molecular flexibility index (Phi) is 4.73. The molecule has 2 aromatic heterocycles. The Balaban J connectivity index is 1.37. The number of hydrogen-bond acceptors (Lipinski definition) is 4. The van der Waals surface area contributed by atoms with Crippen LogP contribution in [-0.2, 0) is 6.42 Å². The van der Waals surface area contributed by atoms with Gasteiger partial charge in [-0.3, -0.25) is 4.79 Å². The number of oxazole rings is 1. The average molecular weight is 380 g/mol. The standard InChI is InChI=1S/C21H17FN2O2S/c1-13-5-7-14(8-6-13)21-24-15(12-26-21)9-10-23-20(25)19-11-16-17(22)3-2-4-18(16)27-19/h2-8,11-12H,9-10H2,1H3,(H,23,25). The van der Waals surface area contributed by atoms with Gasteiger partial charge in [0, 0.05) is 28.6 Å². The quantitative estimate of drug-likeness (QED) is 0.531. The summed E-state index contributed by atoms with van der Waals surface area (Å²) in [7, 11) is 0. The SMILES string of the molecule is Cc1ccc(-c2nc(CCNC(=O)c3cc4c(F)cccc4s3)co2)cc1. The smallest absolute Gasteiger partial charge is 0.261 e. The van der Waals surface area contributed by atoms with Crippen LogP contribution >= 0.6 is 11.3 Å². The van der Waals surface area contributed by atoms with E-state index in [9.17, 15) is 9.18 Å². The molecule has 0 saturated carbocycles. The highest BCUT2D eigenvalue weighted by molar-refractivity contribution is 7.20. The van der Waals surface area contributed by atoms with Crippen molar-refractivity contribution in [3.8, 4) is 11.5 Å². The third-order valence-electron chi connectivity index (χ3n) is 4.25. The Bertz CT molecular complexity index is 1100. The van der Waals surface area contributed by atoms with E-state index < -0.39 is 0 Å². The first kappa shape index (κ1) is 17.4. The molecule has 0 radical (unpaired) electrons. The number of nitrogens with one attached hydrogen (secondary N) is 1. The zero-order valence-corrected chi connectivity index (χ0v) is 15.5. The lowest BCUT2D eigenvalue weighted by molar-refractivity contribution is 0.0958. The number of amides is 1. The van der Waals surface area contributed by atoms with Crippen molar-refractivity contribution < 1.29 is 13.6 Å². The number of hydrogen-bond donors (Lipinski definition) is 1. The fraction of sp³-hybridized carbons (Fsp3) is 0.143. The van der Waals surface area contributed by atoms with Crippen molar-refractivity contribution in [2.75, 3.05) is 6.54 Å². The van der Waals surface area contributed by atoms with Crippen LogP contribution in [0, 0.1) is 12.7 Å². The number of aryl methyl sites for hydroxylation is 1. The van der Waals surface area contributed by atoms with Crippen LogP contribution in [0.2, 0.25) is 0 Å². The van der Waals surface area contributed by atoms with Crippen molar-refractivity contribution in [3.63, 3.8) is 0 Å². The van der Waals surface area contributed by atoms with Crippen LogP contribution in [0.15, 0.2) is 59.2 Å². The lowest BCUT2D eigenvalue weighted by Gasteiger charge is -2.01. The Morgan fingerprint density at radius 1 is 1.22 bits per heavy atom. The normalized spacial score (nSPS) is 11.0. The zero-order valence-electron chi connectivity index (χ0n) is 14.7. The average Bonchev–Trinajstić information content (AvgIpc) is 3.30. The molecule has 6 heteroatoms. The fourth-order valence-corrected chi connectivity index (χ4v) is 3.77. The summed E-state index contributed by atoms with van der Waals surface area (Å²) in [5.41, 5.74) is 2.87. The monoisotopic (exact) mass is 380 g/mol. The number of benzene rings is 2.